The number of fused-ring (bicyclic) bond motifs is 14. The predicted molar refractivity (Wildman–Crippen MR) is 673 cm³/mol. The van der Waals surface area contributed by atoms with Crippen LogP contribution in [0.1, 0.15) is 236 Å². The Kier molecular flexibility index (Phi) is 61.1. The summed E-state index contributed by atoms with van der Waals surface area (Å²) >= 11 is 0. The van der Waals surface area contributed by atoms with E-state index in [1.807, 2.05) is 215 Å². The summed E-state index contributed by atoms with van der Waals surface area (Å²) < 4.78 is 0. The molecule has 766 valence electrons. The number of benzene rings is 22. The molecule has 22 aromatic rings. The van der Waals surface area contributed by atoms with Crippen LogP contribution in [0, 0.1) is 27.7 Å². The smallest absolute Gasteiger partial charge is 0.0683 e. The molecule has 0 fully saturated rings. The fourth-order valence-corrected chi connectivity index (χ4v) is 17.5. The van der Waals surface area contributed by atoms with Crippen molar-refractivity contribution in [2.45, 2.75) is 219 Å². The molecule has 0 saturated carbocycles. The molecule has 0 spiro atoms. The summed E-state index contributed by atoms with van der Waals surface area (Å²) in [5.41, 5.74) is 21.6. The standard InChI is InChI=1S/C27H22.C16H14.C15H14.2C14H10.C12H10.2C10H8.C6H6.12C2H6/c1-19-11-15-21(16-12-19)27(22-17-13-20(2)14-18-22)25-9-5-3-7-23(25)24-8-4-6-10-26(24)27;1-11-13-7-3-5-9-15(13)12(2)16-10-6-4-8-14(11)16;1-15(2)13-9-5-3-7-11(13)12-8-4-6-10-14(12)15;2*1-2-6-12-10-14-8-4-3-7-13(14)9-11(12)5-1;1-3-7-11(8-4-1)12-9-5-2-6-10-12;2*1-2-6-10-8-4-3-7-9(10)5-1;1-2-4-6-5-3-1;12*1-2/h3-18H,1-2H3;3-10H,1-2H3;3-10H,1-2H3;2*1-10H;1-10H;2*1-8H;1-6H;12*1-2H3. The second-order valence-electron chi connectivity index (χ2n) is 32.3. The number of hydrogen-bond acceptors (Lipinski definition) is 0. The van der Waals surface area contributed by atoms with Gasteiger partial charge in [0.15, 0.2) is 0 Å². The van der Waals surface area contributed by atoms with Crippen LogP contribution in [0.15, 0.2) is 510 Å². The third-order valence-corrected chi connectivity index (χ3v) is 24.0. The van der Waals surface area contributed by atoms with Gasteiger partial charge in [0.2, 0.25) is 0 Å². The highest BCUT2D eigenvalue weighted by atomic mass is 14.5. The lowest BCUT2D eigenvalue weighted by molar-refractivity contribution is 0.660. The molecule has 0 bridgehead atoms. The molecular weight excluding hydrogens is 1780 g/mol. The Balaban J connectivity index is 0.000000344. The van der Waals surface area contributed by atoms with Crippen LogP contribution in [0.25, 0.3) is 120 Å². The molecule has 24 rings (SSSR count). The molecule has 0 heteroatoms. The van der Waals surface area contributed by atoms with Crippen LogP contribution in [0.3, 0.4) is 0 Å². The molecule has 0 aliphatic heterocycles. The summed E-state index contributed by atoms with van der Waals surface area (Å²) in [5, 5.41) is 21.2. The first-order chi connectivity index (χ1) is 73.0. The van der Waals surface area contributed by atoms with Gasteiger partial charge in [-0.15, -0.1) is 0 Å². The average Bonchev–Trinajstić information content (AvgIpc) is 1.54. The summed E-state index contributed by atoms with van der Waals surface area (Å²) in [7, 11) is 0. The van der Waals surface area contributed by atoms with E-state index in [9.17, 15) is 0 Å². The van der Waals surface area contributed by atoms with E-state index in [2.05, 4.69) is 503 Å². The van der Waals surface area contributed by atoms with Gasteiger partial charge in [-0.3, -0.25) is 0 Å². The van der Waals surface area contributed by atoms with E-state index < -0.39 is 0 Å². The largest absolute Gasteiger partial charge is 0.0713 e. The van der Waals surface area contributed by atoms with Gasteiger partial charge in [-0.05, 0) is 216 Å². The highest BCUT2D eigenvalue weighted by Crippen LogP contribution is 2.56. The van der Waals surface area contributed by atoms with Gasteiger partial charge in [-0.1, -0.05) is 676 Å². The van der Waals surface area contributed by atoms with Gasteiger partial charge in [0.25, 0.3) is 0 Å². The molecule has 0 amide bonds. The molecule has 22 aromatic carbocycles. The van der Waals surface area contributed by atoms with Crippen LogP contribution in [-0.4, -0.2) is 0 Å². The van der Waals surface area contributed by atoms with E-state index >= 15 is 0 Å². The van der Waals surface area contributed by atoms with Crippen molar-refractivity contribution in [3.05, 3.63) is 565 Å². The fraction of sp³-hybridized carbons (Fsp3) is 0.216. The first-order valence-electron chi connectivity index (χ1n) is 55.1. The quantitative estimate of drug-likeness (QED) is 0.155. The van der Waals surface area contributed by atoms with Crippen molar-refractivity contribution in [3.63, 3.8) is 0 Å². The van der Waals surface area contributed by atoms with E-state index in [1.54, 1.807) is 0 Å². The van der Waals surface area contributed by atoms with Gasteiger partial charge in [0.1, 0.15) is 0 Å². The van der Waals surface area contributed by atoms with Crippen LogP contribution < -0.4 is 0 Å². The minimum Gasteiger partial charge on any atom is -0.0683 e. The molecule has 0 heterocycles. The lowest BCUT2D eigenvalue weighted by Crippen LogP contribution is -2.28. The third kappa shape index (κ3) is 34.5. The van der Waals surface area contributed by atoms with E-state index in [-0.39, 0.29) is 10.8 Å². The SMILES string of the molecule is CC.CC.CC.CC.CC.CC.CC.CC.CC.CC.CC.CC.CC1(C)c2ccccc2-c2ccccc21.Cc1c2ccccc2c(C)c2ccccc12.Cc1ccc(C2(c3ccc(C)cc3)c3ccccc3-c3ccccc32)cc1.c1ccc(-c2ccccc2)cc1.c1ccc2cc3ccccc3cc2c1.c1ccc2cc3ccccc3cc2c1.c1ccc2ccccc2c1.c1ccc2ccccc2c1.c1ccccc1. The van der Waals surface area contributed by atoms with Gasteiger partial charge in [0, 0.05) is 5.41 Å². The van der Waals surface area contributed by atoms with Gasteiger partial charge < -0.3 is 0 Å². The van der Waals surface area contributed by atoms with Crippen LogP contribution in [0.4, 0.5) is 0 Å². The van der Waals surface area contributed by atoms with E-state index in [0.717, 1.165) is 0 Å². The van der Waals surface area contributed by atoms with Crippen molar-refractivity contribution in [2.75, 3.05) is 0 Å². The van der Waals surface area contributed by atoms with Crippen LogP contribution >= 0.6 is 0 Å². The Hall–Kier alpha value is -15.1. The maximum Gasteiger partial charge on any atom is 0.0713 e. The highest BCUT2D eigenvalue weighted by Gasteiger charge is 2.46. The van der Waals surface area contributed by atoms with E-state index in [4.69, 9.17) is 0 Å². The minimum absolute atomic E-state index is 0.160. The molecule has 0 N–H and O–H groups in total. The zero-order valence-electron chi connectivity index (χ0n) is 95.5. The van der Waals surface area contributed by atoms with E-state index in [1.165, 1.54) is 175 Å². The van der Waals surface area contributed by atoms with E-state index in [0.29, 0.717) is 0 Å². The Morgan fingerprint density at radius 1 is 0.135 bits per heavy atom. The molecule has 0 nitrogen and oxygen atoms in total. The molecule has 0 radical (unpaired) electrons. The second-order valence-corrected chi connectivity index (χ2v) is 32.3. The Morgan fingerprint density at radius 3 is 0.486 bits per heavy atom. The predicted octanol–water partition coefficient (Wildman–Crippen LogP) is 46.3. The summed E-state index contributed by atoms with van der Waals surface area (Å²) in [6.07, 6.45) is 0. The molecule has 0 atom stereocenters. The first kappa shape index (κ1) is 125. The monoisotopic (exact) mass is 1950 g/mol. The summed E-state index contributed by atoms with van der Waals surface area (Å²) in [4.78, 5) is 0. The van der Waals surface area contributed by atoms with Crippen molar-refractivity contribution in [3.8, 4) is 33.4 Å². The lowest BCUT2D eigenvalue weighted by Gasteiger charge is -2.34. The number of aryl methyl sites for hydroxylation is 4. The maximum absolute atomic E-state index is 2.30. The van der Waals surface area contributed by atoms with Gasteiger partial charge in [-0.25, -0.2) is 0 Å². The molecule has 0 unspecified atom stereocenters. The Bertz CT molecular complexity index is 6440. The molecular formula is C148H174. The lowest BCUT2D eigenvalue weighted by atomic mass is 9.67. The molecule has 0 saturated heterocycles. The van der Waals surface area contributed by atoms with Crippen molar-refractivity contribution >= 4 is 86.2 Å². The molecule has 2 aliphatic rings. The van der Waals surface area contributed by atoms with Gasteiger partial charge in [-0.2, -0.15) is 0 Å². The normalized spacial score (nSPS) is 10.3. The molecule has 2 aliphatic carbocycles. The molecule has 148 heavy (non-hydrogen) atoms. The highest BCUT2D eigenvalue weighted by molar-refractivity contribution is 6.06. The minimum atomic E-state index is -0.269. The summed E-state index contributed by atoms with van der Waals surface area (Å²) in [6.45, 7) is 61.3. The topological polar surface area (TPSA) is 0 Å². The zero-order chi connectivity index (χ0) is 109. The van der Waals surface area contributed by atoms with Crippen molar-refractivity contribution in [1.29, 1.82) is 0 Å². The van der Waals surface area contributed by atoms with Gasteiger partial charge >= 0.3 is 0 Å². The third-order valence-electron chi connectivity index (χ3n) is 24.0. The number of hydrogen-bond donors (Lipinski definition) is 0. The van der Waals surface area contributed by atoms with Crippen molar-refractivity contribution in [2.24, 2.45) is 0 Å². The van der Waals surface area contributed by atoms with Crippen LogP contribution in [-0.2, 0) is 10.8 Å². The number of rotatable bonds is 3. The Labute approximate surface area is 896 Å². The van der Waals surface area contributed by atoms with Crippen LogP contribution in [0.5, 0.6) is 0 Å². The summed E-state index contributed by atoms with van der Waals surface area (Å²) in [5.74, 6) is 0. The van der Waals surface area contributed by atoms with Gasteiger partial charge in [0.05, 0.1) is 5.41 Å². The second kappa shape index (κ2) is 72.2. The van der Waals surface area contributed by atoms with Crippen molar-refractivity contribution in [1.82, 2.24) is 0 Å². The molecule has 0 aromatic heterocycles. The maximum atomic E-state index is 2.30. The average molecular weight is 1950 g/mol. The fourth-order valence-electron chi connectivity index (χ4n) is 17.5. The summed E-state index contributed by atoms with van der Waals surface area (Å²) in [6, 6.07) is 180. The first-order valence-corrected chi connectivity index (χ1v) is 55.1. The van der Waals surface area contributed by atoms with Crippen LogP contribution in [0.2, 0.25) is 0 Å². The zero-order valence-corrected chi connectivity index (χ0v) is 95.5. The van der Waals surface area contributed by atoms with Crippen molar-refractivity contribution < 1.29 is 0 Å². The Morgan fingerprint density at radius 2 is 0.284 bits per heavy atom.